The Hall–Kier alpha value is -2.29. The smallest absolute Gasteiger partial charge is 0.224 e. The number of hydrogen-bond acceptors (Lipinski definition) is 2. The lowest BCUT2D eigenvalue weighted by Crippen LogP contribution is -2.12. The maximum atomic E-state index is 12.0. The molecular weight excluding hydrogens is 260 g/mol. The summed E-state index contributed by atoms with van der Waals surface area (Å²) in [7, 11) is 0. The van der Waals surface area contributed by atoms with Gasteiger partial charge in [-0.2, -0.15) is 0 Å². The number of nitrogens with one attached hydrogen (secondary N) is 1. The van der Waals surface area contributed by atoms with Gasteiger partial charge in [0.05, 0.1) is 0 Å². The Morgan fingerprint density at radius 3 is 2.67 bits per heavy atom. The lowest BCUT2D eigenvalue weighted by atomic mass is 10.1. The van der Waals surface area contributed by atoms with Gasteiger partial charge in [0.1, 0.15) is 0 Å². The average Bonchev–Trinajstić information content (AvgIpc) is 2.45. The molecule has 0 aliphatic carbocycles. The predicted molar refractivity (Wildman–Crippen MR) is 88.4 cm³/mol. The minimum absolute atomic E-state index is 0.0140. The van der Waals surface area contributed by atoms with Crippen LogP contribution in [0.5, 0.6) is 0 Å². The van der Waals surface area contributed by atoms with E-state index in [1.165, 1.54) is 11.1 Å². The number of benzene rings is 2. The van der Waals surface area contributed by atoms with Gasteiger partial charge in [-0.15, -0.1) is 0 Å². The molecule has 3 heteroatoms. The molecule has 3 nitrogen and oxygen atoms in total. The third-order valence-electron chi connectivity index (χ3n) is 3.53. The van der Waals surface area contributed by atoms with Crippen LogP contribution in [0.25, 0.3) is 0 Å². The number of aryl methyl sites for hydroxylation is 3. The van der Waals surface area contributed by atoms with Crippen molar-refractivity contribution in [2.24, 2.45) is 0 Å². The lowest BCUT2D eigenvalue weighted by Gasteiger charge is -2.09. The Balaban J connectivity index is 1.91. The van der Waals surface area contributed by atoms with Crippen molar-refractivity contribution < 1.29 is 4.79 Å². The van der Waals surface area contributed by atoms with Gasteiger partial charge < -0.3 is 11.1 Å². The maximum absolute atomic E-state index is 12.0. The van der Waals surface area contributed by atoms with E-state index in [2.05, 4.69) is 31.3 Å². The SMILES string of the molecule is CCc1ccc(NC(=O)CCc2cccc(C)c2)cc1N. The molecule has 0 spiro atoms. The van der Waals surface area contributed by atoms with Crippen LogP contribution in [0.4, 0.5) is 11.4 Å². The van der Waals surface area contributed by atoms with Crippen molar-refractivity contribution in [3.63, 3.8) is 0 Å². The van der Waals surface area contributed by atoms with Crippen molar-refractivity contribution >= 4 is 17.3 Å². The van der Waals surface area contributed by atoms with Crippen molar-refractivity contribution in [2.75, 3.05) is 11.1 Å². The fourth-order valence-corrected chi connectivity index (χ4v) is 2.34. The zero-order chi connectivity index (χ0) is 15.2. The van der Waals surface area contributed by atoms with E-state index in [0.717, 1.165) is 29.8 Å². The van der Waals surface area contributed by atoms with Crippen LogP contribution in [0.3, 0.4) is 0 Å². The average molecular weight is 282 g/mol. The summed E-state index contributed by atoms with van der Waals surface area (Å²) < 4.78 is 0. The number of nitrogen functional groups attached to an aromatic ring is 1. The van der Waals surface area contributed by atoms with Crippen LogP contribution < -0.4 is 11.1 Å². The van der Waals surface area contributed by atoms with Crippen molar-refractivity contribution in [3.05, 3.63) is 59.2 Å². The van der Waals surface area contributed by atoms with Gasteiger partial charge in [-0.1, -0.05) is 42.8 Å². The molecule has 0 aromatic heterocycles. The summed E-state index contributed by atoms with van der Waals surface area (Å²) in [5, 5.41) is 2.90. The highest BCUT2D eigenvalue weighted by Gasteiger charge is 2.05. The van der Waals surface area contributed by atoms with Crippen LogP contribution >= 0.6 is 0 Å². The van der Waals surface area contributed by atoms with E-state index >= 15 is 0 Å². The highest BCUT2D eigenvalue weighted by molar-refractivity contribution is 5.91. The Morgan fingerprint density at radius 1 is 1.19 bits per heavy atom. The summed E-state index contributed by atoms with van der Waals surface area (Å²) in [6.07, 6.45) is 2.11. The van der Waals surface area contributed by atoms with Crippen molar-refractivity contribution in [1.29, 1.82) is 0 Å². The Bertz CT molecular complexity index is 635. The molecular formula is C18H22N2O. The molecule has 0 atom stereocenters. The second-order valence-electron chi connectivity index (χ2n) is 5.30. The molecule has 0 heterocycles. The molecule has 0 unspecified atom stereocenters. The highest BCUT2D eigenvalue weighted by atomic mass is 16.1. The molecule has 0 bridgehead atoms. The first-order chi connectivity index (χ1) is 10.1. The van der Waals surface area contributed by atoms with Gasteiger partial charge in [0.2, 0.25) is 5.91 Å². The molecule has 2 aromatic rings. The highest BCUT2D eigenvalue weighted by Crippen LogP contribution is 2.18. The minimum atomic E-state index is 0.0140. The first kappa shape index (κ1) is 15.1. The summed E-state index contributed by atoms with van der Waals surface area (Å²) >= 11 is 0. The molecule has 0 fully saturated rings. The molecule has 1 amide bonds. The first-order valence-electron chi connectivity index (χ1n) is 7.32. The number of amides is 1. The van der Waals surface area contributed by atoms with E-state index in [1.807, 2.05) is 30.3 Å². The van der Waals surface area contributed by atoms with Crippen LogP contribution in [0.2, 0.25) is 0 Å². The topological polar surface area (TPSA) is 55.1 Å². The molecule has 0 saturated heterocycles. The summed E-state index contributed by atoms with van der Waals surface area (Å²) in [6, 6.07) is 13.9. The number of anilines is 2. The molecule has 3 N–H and O–H groups in total. The molecule has 0 aliphatic rings. The first-order valence-corrected chi connectivity index (χ1v) is 7.32. The van der Waals surface area contributed by atoms with E-state index in [9.17, 15) is 4.79 Å². The molecule has 0 saturated carbocycles. The van der Waals surface area contributed by atoms with Gasteiger partial charge in [-0.3, -0.25) is 4.79 Å². The Kier molecular flexibility index (Phi) is 4.99. The Morgan fingerprint density at radius 2 is 2.00 bits per heavy atom. The largest absolute Gasteiger partial charge is 0.398 e. The second kappa shape index (κ2) is 6.93. The number of hydrogen-bond donors (Lipinski definition) is 2. The van der Waals surface area contributed by atoms with Crippen LogP contribution in [-0.2, 0) is 17.6 Å². The second-order valence-corrected chi connectivity index (χ2v) is 5.30. The van der Waals surface area contributed by atoms with Crippen LogP contribution in [0.15, 0.2) is 42.5 Å². The van der Waals surface area contributed by atoms with Gasteiger partial charge in [-0.25, -0.2) is 0 Å². The van der Waals surface area contributed by atoms with E-state index in [0.29, 0.717) is 6.42 Å². The number of carbonyl (C=O) groups is 1. The lowest BCUT2D eigenvalue weighted by molar-refractivity contribution is -0.116. The monoisotopic (exact) mass is 282 g/mol. The maximum Gasteiger partial charge on any atom is 0.224 e. The number of rotatable bonds is 5. The fraction of sp³-hybridized carbons (Fsp3) is 0.278. The summed E-state index contributed by atoms with van der Waals surface area (Å²) in [6.45, 7) is 4.12. The number of nitrogens with two attached hydrogens (primary N) is 1. The molecule has 2 rings (SSSR count). The van der Waals surface area contributed by atoms with Crippen molar-refractivity contribution in [1.82, 2.24) is 0 Å². The summed E-state index contributed by atoms with van der Waals surface area (Å²) in [5.41, 5.74) is 10.9. The van der Waals surface area contributed by atoms with Gasteiger partial charge >= 0.3 is 0 Å². The molecule has 0 radical (unpaired) electrons. The van der Waals surface area contributed by atoms with Crippen molar-refractivity contribution in [2.45, 2.75) is 33.1 Å². The predicted octanol–water partition coefficient (Wildman–Crippen LogP) is 3.71. The van der Waals surface area contributed by atoms with E-state index in [4.69, 9.17) is 5.73 Å². The summed E-state index contributed by atoms with van der Waals surface area (Å²) in [4.78, 5) is 12.0. The number of carbonyl (C=O) groups excluding carboxylic acids is 1. The van der Waals surface area contributed by atoms with E-state index < -0.39 is 0 Å². The normalized spacial score (nSPS) is 10.4. The Labute approximate surface area is 126 Å². The van der Waals surface area contributed by atoms with E-state index in [1.54, 1.807) is 0 Å². The molecule has 2 aromatic carbocycles. The van der Waals surface area contributed by atoms with Gasteiger partial charge in [-0.05, 0) is 43.0 Å². The van der Waals surface area contributed by atoms with Gasteiger partial charge in [0.25, 0.3) is 0 Å². The quantitative estimate of drug-likeness (QED) is 0.821. The molecule has 0 aliphatic heterocycles. The third-order valence-corrected chi connectivity index (χ3v) is 3.53. The van der Waals surface area contributed by atoms with Gasteiger partial charge in [0, 0.05) is 17.8 Å². The molecule has 21 heavy (non-hydrogen) atoms. The zero-order valence-electron chi connectivity index (χ0n) is 12.6. The molecule has 110 valence electrons. The third kappa shape index (κ3) is 4.35. The minimum Gasteiger partial charge on any atom is -0.398 e. The van der Waals surface area contributed by atoms with E-state index in [-0.39, 0.29) is 5.91 Å². The van der Waals surface area contributed by atoms with Crippen LogP contribution in [0, 0.1) is 6.92 Å². The standard InChI is InChI=1S/C18H22N2O/c1-3-15-8-9-16(12-17(15)19)20-18(21)10-7-14-6-4-5-13(2)11-14/h4-6,8-9,11-12H,3,7,10,19H2,1-2H3,(H,20,21). The van der Waals surface area contributed by atoms with Gasteiger partial charge in [0.15, 0.2) is 0 Å². The summed E-state index contributed by atoms with van der Waals surface area (Å²) in [5.74, 6) is 0.0140. The van der Waals surface area contributed by atoms with Crippen LogP contribution in [0.1, 0.15) is 30.0 Å². The zero-order valence-corrected chi connectivity index (χ0v) is 12.6. The van der Waals surface area contributed by atoms with Crippen LogP contribution in [-0.4, -0.2) is 5.91 Å². The van der Waals surface area contributed by atoms with Crippen molar-refractivity contribution in [3.8, 4) is 0 Å². The fourth-order valence-electron chi connectivity index (χ4n) is 2.34.